The lowest BCUT2D eigenvalue weighted by Gasteiger charge is -1.96. The van der Waals surface area contributed by atoms with Gasteiger partial charge < -0.3 is 17.0 Å². The number of carbonyl (C=O) groups is 1. The van der Waals surface area contributed by atoms with Crippen molar-refractivity contribution in [2.45, 2.75) is 4.34 Å². The first-order valence-electron chi connectivity index (χ1n) is 7.91. The van der Waals surface area contributed by atoms with Crippen molar-refractivity contribution >= 4 is 46.5 Å². The quantitative estimate of drug-likeness (QED) is 0.235. The second-order valence-electron chi connectivity index (χ2n) is 5.79. The Bertz CT molecular complexity index is 1170. The van der Waals surface area contributed by atoms with E-state index in [1.807, 2.05) is 0 Å². The number of hydrogen-bond donors (Lipinski definition) is 0. The number of thiazole rings is 1. The van der Waals surface area contributed by atoms with Crippen molar-refractivity contribution in [3.8, 4) is 11.3 Å². The van der Waals surface area contributed by atoms with Gasteiger partial charge in [-0.15, -0.1) is 4.57 Å². The van der Waals surface area contributed by atoms with Crippen LogP contribution in [0.2, 0.25) is 0 Å². The van der Waals surface area contributed by atoms with Crippen molar-refractivity contribution in [1.82, 2.24) is 0 Å². The molecule has 0 aliphatic carbocycles. The molecule has 0 radical (unpaired) electrons. The maximum Gasteiger partial charge on any atom is 0.433 e. The van der Waals surface area contributed by atoms with E-state index in [0.29, 0.717) is 21.7 Å². The molecular weight excluding hydrogens is 482 g/mol. The van der Waals surface area contributed by atoms with Crippen LogP contribution in [0.15, 0.2) is 63.2 Å². The maximum atomic E-state index is 12.9. The average molecular weight is 492 g/mol. The molecule has 146 valence electrons. The van der Waals surface area contributed by atoms with Gasteiger partial charge in [-0.1, -0.05) is 17.4 Å². The highest BCUT2D eigenvalue weighted by Gasteiger charge is 2.41. The molecule has 1 aliphatic rings. The van der Waals surface area contributed by atoms with Gasteiger partial charge in [-0.05, 0) is 29.8 Å². The SMILES string of the molecule is O=C1/C(=C\c2ccc([N+](=O)[O-])cc2)Sc2scc(-c3cccc([N+](=O)[O-])c3)[n+]21.[Br-]. The third-order valence-electron chi connectivity index (χ3n) is 4.06. The lowest BCUT2D eigenvalue weighted by Crippen LogP contribution is -3.00. The minimum absolute atomic E-state index is 0. The molecule has 4 rings (SSSR count). The largest absolute Gasteiger partial charge is 1.00 e. The number of nitrogens with zero attached hydrogens (tertiary/aromatic N) is 3. The molecule has 2 heterocycles. The Morgan fingerprint density at radius 1 is 0.966 bits per heavy atom. The van der Waals surface area contributed by atoms with Crippen LogP contribution in [0.5, 0.6) is 0 Å². The first-order chi connectivity index (χ1) is 13.4. The van der Waals surface area contributed by atoms with Gasteiger partial charge in [0.05, 0.1) is 20.8 Å². The van der Waals surface area contributed by atoms with Gasteiger partial charge in [0.15, 0.2) is 0 Å². The maximum absolute atomic E-state index is 12.9. The van der Waals surface area contributed by atoms with Crippen molar-refractivity contribution < 1.29 is 36.2 Å². The standard InChI is InChI=1S/C18H10N3O5S2.BrH/c22-17-16(8-11-4-6-13(7-5-11)20(23)24)28-18-19(17)15(10-27-18)12-2-1-3-14(9-12)21(25)26;/h1-10H;1H/q+1;/p-1/b16-8+;. The monoisotopic (exact) mass is 491 g/mol. The Kier molecular flexibility index (Phi) is 5.91. The van der Waals surface area contributed by atoms with E-state index in [4.69, 9.17) is 0 Å². The Morgan fingerprint density at radius 3 is 2.31 bits per heavy atom. The van der Waals surface area contributed by atoms with E-state index in [9.17, 15) is 25.0 Å². The number of halogens is 1. The zero-order valence-corrected chi connectivity index (χ0v) is 17.6. The molecule has 1 aliphatic heterocycles. The molecule has 1 aromatic heterocycles. The van der Waals surface area contributed by atoms with E-state index in [-0.39, 0.29) is 34.3 Å². The van der Waals surface area contributed by atoms with Crippen LogP contribution in [-0.4, -0.2) is 15.8 Å². The fraction of sp³-hybridized carbons (Fsp3) is 0. The Hall–Kier alpha value is -2.89. The Morgan fingerprint density at radius 2 is 1.66 bits per heavy atom. The summed E-state index contributed by atoms with van der Waals surface area (Å²) in [4.78, 5) is 34.2. The Labute approximate surface area is 182 Å². The third kappa shape index (κ3) is 3.97. The molecule has 2 aromatic carbocycles. The molecule has 29 heavy (non-hydrogen) atoms. The number of benzene rings is 2. The van der Waals surface area contributed by atoms with E-state index < -0.39 is 9.85 Å². The minimum Gasteiger partial charge on any atom is -1.00 e. The molecule has 0 saturated carbocycles. The number of fused-ring (bicyclic) bond motifs is 1. The van der Waals surface area contributed by atoms with Crippen LogP contribution >= 0.6 is 23.1 Å². The molecule has 0 N–H and O–H groups in total. The molecule has 0 amide bonds. The van der Waals surface area contributed by atoms with E-state index in [1.165, 1.54) is 51.9 Å². The van der Waals surface area contributed by atoms with Crippen LogP contribution in [0, 0.1) is 20.2 Å². The average Bonchev–Trinajstić information content (AvgIpc) is 3.23. The third-order valence-corrected chi connectivity index (χ3v) is 6.19. The lowest BCUT2D eigenvalue weighted by atomic mass is 10.1. The van der Waals surface area contributed by atoms with E-state index in [1.54, 1.807) is 35.7 Å². The number of hydrogen-bond acceptors (Lipinski definition) is 7. The fourth-order valence-electron chi connectivity index (χ4n) is 2.73. The minimum atomic E-state index is -0.481. The molecule has 0 atom stereocenters. The van der Waals surface area contributed by atoms with Crippen LogP contribution in [0.1, 0.15) is 10.4 Å². The zero-order valence-electron chi connectivity index (χ0n) is 14.4. The van der Waals surface area contributed by atoms with Gasteiger partial charge in [0.2, 0.25) is 5.69 Å². The van der Waals surface area contributed by atoms with E-state index in [2.05, 4.69) is 0 Å². The van der Waals surface area contributed by atoms with Gasteiger partial charge in [-0.3, -0.25) is 20.2 Å². The van der Waals surface area contributed by atoms with Crippen molar-refractivity contribution in [3.63, 3.8) is 0 Å². The summed E-state index contributed by atoms with van der Waals surface area (Å²) in [5.74, 6) is -0.235. The van der Waals surface area contributed by atoms with Crippen molar-refractivity contribution in [2.24, 2.45) is 0 Å². The summed E-state index contributed by atoms with van der Waals surface area (Å²) in [7, 11) is 0. The summed E-state index contributed by atoms with van der Waals surface area (Å²) in [5.41, 5.74) is 1.79. The highest BCUT2D eigenvalue weighted by atomic mass is 79.9. The number of rotatable bonds is 4. The van der Waals surface area contributed by atoms with Crippen LogP contribution in [0.3, 0.4) is 0 Å². The predicted molar refractivity (Wildman–Crippen MR) is 104 cm³/mol. The van der Waals surface area contributed by atoms with Gasteiger partial charge in [-0.2, -0.15) is 0 Å². The molecule has 0 saturated heterocycles. The molecule has 8 nitrogen and oxygen atoms in total. The number of carbonyl (C=O) groups excluding carboxylic acids is 1. The molecule has 0 bridgehead atoms. The summed E-state index contributed by atoms with van der Waals surface area (Å²) in [6, 6.07) is 12.1. The molecular formula is C18H10BrN3O5S2. The van der Waals surface area contributed by atoms with Crippen LogP contribution in [-0.2, 0) is 0 Å². The molecule has 0 unspecified atom stereocenters. The number of non-ortho nitro benzene ring substituents is 2. The van der Waals surface area contributed by atoms with Gasteiger partial charge in [0.25, 0.3) is 11.4 Å². The van der Waals surface area contributed by atoms with Gasteiger partial charge >= 0.3 is 10.2 Å². The molecule has 0 spiro atoms. The first-order valence-corrected chi connectivity index (χ1v) is 9.61. The summed E-state index contributed by atoms with van der Waals surface area (Å²) < 4.78 is 2.28. The van der Waals surface area contributed by atoms with Crippen molar-refractivity contribution in [3.05, 3.63) is 84.6 Å². The smallest absolute Gasteiger partial charge is 0.433 e. The summed E-state index contributed by atoms with van der Waals surface area (Å²) in [6.07, 6.45) is 1.67. The second kappa shape index (κ2) is 8.23. The highest BCUT2D eigenvalue weighted by molar-refractivity contribution is 8.05. The van der Waals surface area contributed by atoms with Crippen LogP contribution in [0.4, 0.5) is 11.4 Å². The summed E-state index contributed by atoms with van der Waals surface area (Å²) in [5, 5.41) is 23.6. The van der Waals surface area contributed by atoms with Gasteiger partial charge in [0.1, 0.15) is 4.91 Å². The number of aromatic nitrogens is 1. The Balaban J connectivity index is 0.00000240. The fourth-order valence-corrected chi connectivity index (χ4v) is 4.91. The van der Waals surface area contributed by atoms with Crippen molar-refractivity contribution in [2.75, 3.05) is 0 Å². The van der Waals surface area contributed by atoms with E-state index >= 15 is 0 Å². The summed E-state index contributed by atoms with van der Waals surface area (Å²) in [6.45, 7) is 0. The van der Waals surface area contributed by atoms with Gasteiger partial charge in [0, 0.05) is 36.0 Å². The second-order valence-corrected chi connectivity index (χ2v) is 7.94. The topological polar surface area (TPSA) is 107 Å². The molecule has 11 heteroatoms. The van der Waals surface area contributed by atoms with Crippen LogP contribution in [0.25, 0.3) is 17.3 Å². The predicted octanol–water partition coefficient (Wildman–Crippen LogP) is 1.31. The normalized spacial score (nSPS) is 13.8. The first kappa shape index (κ1) is 20.8. The number of allylic oxidation sites excluding steroid dienone is 1. The van der Waals surface area contributed by atoms with Crippen molar-refractivity contribution in [1.29, 1.82) is 0 Å². The van der Waals surface area contributed by atoms with Gasteiger partial charge in [-0.25, -0.2) is 4.79 Å². The van der Waals surface area contributed by atoms with E-state index in [0.717, 1.165) is 4.34 Å². The number of thioether (sulfide) groups is 1. The zero-order chi connectivity index (χ0) is 19.8. The summed E-state index contributed by atoms with van der Waals surface area (Å²) >= 11 is 2.68. The lowest BCUT2D eigenvalue weighted by molar-refractivity contribution is -0.588. The molecule has 3 aromatic rings. The van der Waals surface area contributed by atoms with Crippen LogP contribution < -0.4 is 21.5 Å². The molecule has 0 fully saturated rings. The highest BCUT2D eigenvalue weighted by Crippen LogP contribution is 2.38. The number of nitro groups is 2. The number of nitro benzene ring substituents is 2.